The summed E-state index contributed by atoms with van der Waals surface area (Å²) in [5.74, 6) is -1.86. The van der Waals surface area contributed by atoms with Crippen LogP contribution < -0.4 is 5.56 Å². The van der Waals surface area contributed by atoms with Crippen LogP contribution in [0.4, 0.5) is 0 Å². The zero-order valence-electron chi connectivity index (χ0n) is 8.64. The Labute approximate surface area is 94.2 Å². The fraction of sp³-hybridized carbons (Fsp3) is 0.200. The summed E-state index contributed by atoms with van der Waals surface area (Å²) in [5.41, 5.74) is -1.27. The number of fused-ring (bicyclic) bond motifs is 1. The predicted octanol–water partition coefficient (Wildman–Crippen LogP) is 1.31. The second-order valence-electron chi connectivity index (χ2n) is 3.47. The quantitative estimate of drug-likeness (QED) is 0.786. The molecule has 0 radical (unpaired) electrons. The number of pyridine rings is 1. The van der Waals surface area contributed by atoms with E-state index >= 15 is 0 Å². The van der Waals surface area contributed by atoms with Crippen LogP contribution in [0.25, 0.3) is 10.2 Å². The van der Waals surface area contributed by atoms with Crippen LogP contribution in [0, 0.1) is 6.92 Å². The van der Waals surface area contributed by atoms with Crippen molar-refractivity contribution in [1.82, 2.24) is 4.57 Å². The Morgan fingerprint density at radius 3 is 2.69 bits per heavy atom. The Balaban J connectivity index is 3.05. The molecule has 5 nitrogen and oxygen atoms in total. The molecule has 0 bridgehead atoms. The van der Waals surface area contributed by atoms with Gasteiger partial charge in [-0.05, 0) is 13.0 Å². The molecular formula is C10H9NO4S. The summed E-state index contributed by atoms with van der Waals surface area (Å²) in [5, 5.41) is 19.0. The normalized spacial score (nSPS) is 10.9. The van der Waals surface area contributed by atoms with Gasteiger partial charge in [0.05, 0.1) is 5.39 Å². The third kappa shape index (κ3) is 1.30. The molecule has 0 atom stereocenters. The topological polar surface area (TPSA) is 79.5 Å². The lowest BCUT2D eigenvalue weighted by atomic mass is 10.2. The third-order valence-electron chi connectivity index (χ3n) is 2.36. The fourth-order valence-corrected chi connectivity index (χ4v) is 2.58. The van der Waals surface area contributed by atoms with Crippen molar-refractivity contribution in [3.8, 4) is 5.75 Å². The van der Waals surface area contributed by atoms with Gasteiger partial charge in [-0.1, -0.05) is 0 Å². The number of carbonyl (C=O) groups is 1. The van der Waals surface area contributed by atoms with Crippen LogP contribution in [-0.4, -0.2) is 20.7 Å². The highest BCUT2D eigenvalue weighted by molar-refractivity contribution is 7.18. The number of thiophene rings is 1. The SMILES string of the molecule is Cc1cc2c(O)c(C(=O)O)c(=O)n(C)c2s1. The first-order valence-electron chi connectivity index (χ1n) is 4.49. The Morgan fingerprint density at radius 1 is 1.50 bits per heavy atom. The minimum Gasteiger partial charge on any atom is -0.506 e. The molecule has 0 aliphatic carbocycles. The molecule has 16 heavy (non-hydrogen) atoms. The van der Waals surface area contributed by atoms with Gasteiger partial charge in [-0.3, -0.25) is 4.79 Å². The number of hydrogen-bond acceptors (Lipinski definition) is 4. The zero-order chi connectivity index (χ0) is 12.0. The number of aromatic carboxylic acids is 1. The van der Waals surface area contributed by atoms with Gasteiger partial charge in [-0.25, -0.2) is 4.79 Å². The average molecular weight is 239 g/mol. The highest BCUT2D eigenvalue weighted by atomic mass is 32.1. The second-order valence-corrected chi connectivity index (χ2v) is 4.70. The monoisotopic (exact) mass is 239 g/mol. The number of aryl methyl sites for hydroxylation is 2. The van der Waals surface area contributed by atoms with E-state index in [0.717, 1.165) is 4.88 Å². The van der Waals surface area contributed by atoms with Crippen molar-refractivity contribution in [2.45, 2.75) is 6.92 Å². The number of aromatic nitrogens is 1. The van der Waals surface area contributed by atoms with E-state index < -0.39 is 22.8 Å². The van der Waals surface area contributed by atoms with Gasteiger partial charge < -0.3 is 14.8 Å². The van der Waals surface area contributed by atoms with Crippen molar-refractivity contribution >= 4 is 27.5 Å². The summed E-state index contributed by atoms with van der Waals surface area (Å²) in [4.78, 5) is 24.0. The van der Waals surface area contributed by atoms with Crippen molar-refractivity contribution in [3.05, 3.63) is 26.9 Å². The summed E-state index contributed by atoms with van der Waals surface area (Å²) >= 11 is 1.34. The molecule has 0 saturated heterocycles. The molecule has 2 aromatic heterocycles. The predicted molar refractivity (Wildman–Crippen MR) is 60.4 cm³/mol. The van der Waals surface area contributed by atoms with Gasteiger partial charge in [0.15, 0.2) is 5.56 Å². The molecule has 6 heteroatoms. The van der Waals surface area contributed by atoms with E-state index in [0.29, 0.717) is 10.2 Å². The van der Waals surface area contributed by atoms with Gasteiger partial charge in [0.2, 0.25) is 0 Å². The minimum atomic E-state index is -1.41. The maximum absolute atomic E-state index is 11.7. The number of aromatic hydroxyl groups is 1. The summed E-state index contributed by atoms with van der Waals surface area (Å²) in [6.07, 6.45) is 0. The maximum atomic E-state index is 11.7. The summed E-state index contributed by atoms with van der Waals surface area (Å²) in [6, 6.07) is 1.67. The van der Waals surface area contributed by atoms with Crippen molar-refractivity contribution in [3.63, 3.8) is 0 Å². The Kier molecular flexibility index (Phi) is 2.23. The molecule has 84 valence electrons. The van der Waals surface area contributed by atoms with Crippen LogP contribution in [-0.2, 0) is 7.05 Å². The highest BCUT2D eigenvalue weighted by Gasteiger charge is 2.21. The van der Waals surface area contributed by atoms with E-state index in [1.165, 1.54) is 23.0 Å². The molecule has 2 heterocycles. The number of carboxylic acids is 1. The lowest BCUT2D eigenvalue weighted by molar-refractivity contribution is 0.0691. The van der Waals surface area contributed by atoms with E-state index in [1.807, 2.05) is 6.92 Å². The molecule has 0 amide bonds. The average Bonchev–Trinajstić information content (AvgIpc) is 2.57. The van der Waals surface area contributed by atoms with Crippen LogP contribution in [0.1, 0.15) is 15.2 Å². The molecule has 2 N–H and O–H groups in total. The first kappa shape index (κ1) is 10.7. The summed E-state index contributed by atoms with van der Waals surface area (Å²) < 4.78 is 1.25. The molecule has 0 unspecified atom stereocenters. The van der Waals surface area contributed by atoms with Gasteiger partial charge in [0.1, 0.15) is 10.6 Å². The highest BCUT2D eigenvalue weighted by Crippen LogP contribution is 2.32. The third-order valence-corrected chi connectivity index (χ3v) is 3.49. The molecule has 0 aliphatic rings. The van der Waals surface area contributed by atoms with Crippen LogP contribution in [0.15, 0.2) is 10.9 Å². The van der Waals surface area contributed by atoms with E-state index in [-0.39, 0.29) is 0 Å². The van der Waals surface area contributed by atoms with Gasteiger partial charge in [0, 0.05) is 11.9 Å². The maximum Gasteiger partial charge on any atom is 0.345 e. The Hall–Kier alpha value is -1.82. The minimum absolute atomic E-state index is 0.405. The van der Waals surface area contributed by atoms with Gasteiger partial charge >= 0.3 is 5.97 Å². The molecule has 0 spiro atoms. The van der Waals surface area contributed by atoms with Gasteiger partial charge in [0.25, 0.3) is 5.56 Å². The lowest BCUT2D eigenvalue weighted by Gasteiger charge is -2.04. The van der Waals surface area contributed by atoms with Crippen LogP contribution in [0.2, 0.25) is 0 Å². The van der Waals surface area contributed by atoms with E-state index in [9.17, 15) is 14.7 Å². The number of rotatable bonds is 1. The number of nitrogens with zero attached hydrogens (tertiary/aromatic N) is 1. The smallest absolute Gasteiger partial charge is 0.345 e. The summed E-state index contributed by atoms with van der Waals surface area (Å²) in [7, 11) is 1.49. The largest absolute Gasteiger partial charge is 0.506 e. The van der Waals surface area contributed by atoms with Crippen molar-refractivity contribution in [1.29, 1.82) is 0 Å². The Bertz CT molecular complexity index is 653. The van der Waals surface area contributed by atoms with Gasteiger partial charge in [-0.15, -0.1) is 11.3 Å². The summed E-state index contributed by atoms with van der Waals surface area (Å²) in [6.45, 7) is 1.83. The van der Waals surface area contributed by atoms with Crippen molar-refractivity contribution in [2.24, 2.45) is 7.05 Å². The van der Waals surface area contributed by atoms with E-state index in [4.69, 9.17) is 5.11 Å². The molecule has 0 saturated carbocycles. The first-order chi connectivity index (χ1) is 7.43. The van der Waals surface area contributed by atoms with Crippen LogP contribution in [0.5, 0.6) is 5.75 Å². The van der Waals surface area contributed by atoms with E-state index in [1.54, 1.807) is 6.07 Å². The molecule has 2 rings (SSSR count). The van der Waals surface area contributed by atoms with Crippen LogP contribution in [0.3, 0.4) is 0 Å². The molecule has 0 fully saturated rings. The molecule has 0 aromatic carbocycles. The lowest BCUT2D eigenvalue weighted by Crippen LogP contribution is -2.24. The Morgan fingerprint density at radius 2 is 2.12 bits per heavy atom. The number of hydrogen-bond donors (Lipinski definition) is 2. The standard InChI is InChI=1S/C10H9NO4S/c1-4-3-5-7(12)6(10(14)15)8(13)11(2)9(5)16-4/h3,12H,1-2H3,(H,14,15). The second kappa shape index (κ2) is 3.34. The number of carboxylic acid groups (broad SMARTS) is 1. The first-order valence-corrected chi connectivity index (χ1v) is 5.30. The molecule has 2 aromatic rings. The van der Waals surface area contributed by atoms with Crippen molar-refractivity contribution < 1.29 is 15.0 Å². The van der Waals surface area contributed by atoms with Crippen molar-refractivity contribution in [2.75, 3.05) is 0 Å². The van der Waals surface area contributed by atoms with Crippen LogP contribution >= 0.6 is 11.3 Å². The van der Waals surface area contributed by atoms with E-state index in [2.05, 4.69) is 0 Å². The zero-order valence-corrected chi connectivity index (χ0v) is 9.46. The molecular weight excluding hydrogens is 230 g/mol. The molecule has 0 aliphatic heterocycles. The fourth-order valence-electron chi connectivity index (χ4n) is 1.61. The van der Waals surface area contributed by atoms with Gasteiger partial charge in [-0.2, -0.15) is 0 Å².